The number of fused-ring (bicyclic) bond motifs is 1. The van der Waals surface area contributed by atoms with Gasteiger partial charge in [-0.25, -0.2) is 0 Å². The van der Waals surface area contributed by atoms with Crippen molar-refractivity contribution in [2.75, 3.05) is 13.1 Å². The summed E-state index contributed by atoms with van der Waals surface area (Å²) in [5.41, 5.74) is 1.40. The summed E-state index contributed by atoms with van der Waals surface area (Å²) < 4.78 is 0. The molecule has 0 aromatic rings. The summed E-state index contributed by atoms with van der Waals surface area (Å²) in [5, 5.41) is 0. The van der Waals surface area contributed by atoms with E-state index < -0.39 is 0 Å². The van der Waals surface area contributed by atoms with Gasteiger partial charge in [0, 0.05) is 12.7 Å². The smallest absolute Gasteiger partial charge is 0.127 e. The first kappa shape index (κ1) is 11.0. The predicted octanol–water partition coefficient (Wildman–Crippen LogP) is 2.84. The van der Waals surface area contributed by atoms with Crippen molar-refractivity contribution in [1.29, 1.82) is 0 Å². The number of nitrogens with zero attached hydrogens (tertiary/aromatic N) is 2. The van der Waals surface area contributed by atoms with Crippen LogP contribution in [-0.2, 0) is 0 Å². The van der Waals surface area contributed by atoms with Crippen molar-refractivity contribution in [3.8, 4) is 0 Å². The summed E-state index contributed by atoms with van der Waals surface area (Å²) >= 11 is 0. The average molecular weight is 192 g/mol. The van der Waals surface area contributed by atoms with Crippen LogP contribution in [0.5, 0.6) is 0 Å². The summed E-state index contributed by atoms with van der Waals surface area (Å²) in [6.07, 6.45) is 6.50. The third-order valence-electron chi connectivity index (χ3n) is 2.31. The molecule has 0 saturated carbocycles. The summed E-state index contributed by atoms with van der Waals surface area (Å²) in [7, 11) is 0. The molecule has 0 aliphatic carbocycles. The summed E-state index contributed by atoms with van der Waals surface area (Å²) in [6, 6.07) is 0. The number of allylic oxidation sites excluding steroid dienone is 2. The standard InChI is InChI=1S/C10H14N2.C2H6/c1-8(2)9-3-4-10-11-5-6-12(10)7-9;1-2/h3-4,7-8H,5-6H2,1-2H3;1-2H3. The molecule has 2 aliphatic heterocycles. The van der Waals surface area contributed by atoms with E-state index in [9.17, 15) is 0 Å². The van der Waals surface area contributed by atoms with Crippen LogP contribution in [0.1, 0.15) is 27.7 Å². The Morgan fingerprint density at radius 2 is 2.00 bits per heavy atom. The highest BCUT2D eigenvalue weighted by Crippen LogP contribution is 2.19. The molecule has 0 radical (unpaired) electrons. The lowest BCUT2D eigenvalue weighted by molar-refractivity contribution is 0.592. The summed E-state index contributed by atoms with van der Waals surface area (Å²) in [4.78, 5) is 6.59. The van der Waals surface area contributed by atoms with Crippen molar-refractivity contribution in [3.05, 3.63) is 23.9 Å². The zero-order valence-corrected chi connectivity index (χ0v) is 9.62. The van der Waals surface area contributed by atoms with Gasteiger partial charge in [0.05, 0.1) is 6.54 Å². The van der Waals surface area contributed by atoms with Gasteiger partial charge < -0.3 is 4.90 Å². The second-order valence-electron chi connectivity index (χ2n) is 3.55. The van der Waals surface area contributed by atoms with Crippen molar-refractivity contribution < 1.29 is 0 Å². The first-order valence-corrected chi connectivity index (χ1v) is 5.48. The number of hydrogen-bond acceptors (Lipinski definition) is 2. The Morgan fingerprint density at radius 1 is 1.29 bits per heavy atom. The highest BCUT2D eigenvalue weighted by atomic mass is 15.2. The van der Waals surface area contributed by atoms with Crippen LogP contribution in [0.25, 0.3) is 0 Å². The van der Waals surface area contributed by atoms with Crippen LogP contribution in [-0.4, -0.2) is 23.8 Å². The molecule has 0 N–H and O–H groups in total. The van der Waals surface area contributed by atoms with E-state index in [1.165, 1.54) is 5.57 Å². The third kappa shape index (κ3) is 2.25. The second-order valence-corrected chi connectivity index (χ2v) is 3.55. The van der Waals surface area contributed by atoms with Gasteiger partial charge in [0.1, 0.15) is 5.84 Å². The maximum Gasteiger partial charge on any atom is 0.127 e. The maximum absolute atomic E-state index is 4.36. The number of rotatable bonds is 1. The van der Waals surface area contributed by atoms with E-state index >= 15 is 0 Å². The van der Waals surface area contributed by atoms with Crippen LogP contribution in [0, 0.1) is 5.92 Å². The molecule has 78 valence electrons. The van der Waals surface area contributed by atoms with E-state index in [0.717, 1.165) is 18.9 Å². The Morgan fingerprint density at radius 3 is 2.64 bits per heavy atom. The molecule has 2 nitrogen and oxygen atoms in total. The molecule has 2 rings (SSSR count). The van der Waals surface area contributed by atoms with Crippen molar-refractivity contribution in [2.45, 2.75) is 27.7 Å². The van der Waals surface area contributed by atoms with Crippen LogP contribution < -0.4 is 0 Å². The quantitative estimate of drug-likeness (QED) is 0.623. The minimum Gasteiger partial charge on any atom is -0.331 e. The Labute approximate surface area is 87.0 Å². The van der Waals surface area contributed by atoms with Gasteiger partial charge in [-0.1, -0.05) is 33.8 Å². The maximum atomic E-state index is 4.36. The van der Waals surface area contributed by atoms with Gasteiger partial charge in [-0.2, -0.15) is 0 Å². The van der Waals surface area contributed by atoms with E-state index in [4.69, 9.17) is 0 Å². The second kappa shape index (κ2) is 4.99. The topological polar surface area (TPSA) is 15.6 Å². The molecule has 2 heterocycles. The van der Waals surface area contributed by atoms with Crippen molar-refractivity contribution in [2.24, 2.45) is 10.9 Å². The fourth-order valence-corrected chi connectivity index (χ4v) is 1.49. The molecular formula is C12H20N2. The Balaban J connectivity index is 0.000000461. The van der Waals surface area contributed by atoms with Gasteiger partial charge in [-0.15, -0.1) is 0 Å². The van der Waals surface area contributed by atoms with Crippen LogP contribution >= 0.6 is 0 Å². The summed E-state index contributed by atoms with van der Waals surface area (Å²) in [5.74, 6) is 1.74. The minimum atomic E-state index is 0.614. The normalized spacial score (nSPS) is 18.5. The number of amidine groups is 1. The van der Waals surface area contributed by atoms with E-state index in [0.29, 0.717) is 5.92 Å². The van der Waals surface area contributed by atoms with Crippen LogP contribution in [0.2, 0.25) is 0 Å². The minimum absolute atomic E-state index is 0.614. The molecule has 2 aliphatic rings. The van der Waals surface area contributed by atoms with Crippen molar-refractivity contribution in [1.82, 2.24) is 4.90 Å². The molecule has 0 spiro atoms. The predicted molar refractivity (Wildman–Crippen MR) is 62.4 cm³/mol. The highest BCUT2D eigenvalue weighted by Gasteiger charge is 2.16. The van der Waals surface area contributed by atoms with Crippen LogP contribution in [0.15, 0.2) is 28.9 Å². The van der Waals surface area contributed by atoms with Gasteiger partial charge in [-0.05, 0) is 17.6 Å². The molecule has 0 saturated heterocycles. The zero-order valence-electron chi connectivity index (χ0n) is 9.62. The molecule has 0 bridgehead atoms. The van der Waals surface area contributed by atoms with Gasteiger partial charge in [0.15, 0.2) is 0 Å². The van der Waals surface area contributed by atoms with Gasteiger partial charge in [-0.3, -0.25) is 4.99 Å². The van der Waals surface area contributed by atoms with E-state index in [1.807, 2.05) is 13.8 Å². The van der Waals surface area contributed by atoms with Crippen molar-refractivity contribution in [3.63, 3.8) is 0 Å². The largest absolute Gasteiger partial charge is 0.331 e. The van der Waals surface area contributed by atoms with E-state index in [2.05, 4.69) is 42.1 Å². The van der Waals surface area contributed by atoms with Gasteiger partial charge >= 0.3 is 0 Å². The van der Waals surface area contributed by atoms with Crippen LogP contribution in [0.3, 0.4) is 0 Å². The molecule has 2 heteroatoms. The fraction of sp³-hybridized carbons (Fsp3) is 0.583. The molecule has 0 aromatic carbocycles. The van der Waals surface area contributed by atoms with Gasteiger partial charge in [0.25, 0.3) is 0 Å². The Hall–Kier alpha value is -1.05. The summed E-state index contributed by atoms with van der Waals surface area (Å²) in [6.45, 7) is 10.4. The van der Waals surface area contributed by atoms with E-state index in [1.54, 1.807) is 0 Å². The molecule has 0 amide bonds. The van der Waals surface area contributed by atoms with Gasteiger partial charge in [0.2, 0.25) is 0 Å². The molecule has 0 fully saturated rings. The first-order chi connectivity index (χ1) is 6.77. The van der Waals surface area contributed by atoms with Crippen molar-refractivity contribution >= 4 is 5.84 Å². The molecule has 0 aromatic heterocycles. The van der Waals surface area contributed by atoms with Crippen LogP contribution in [0.4, 0.5) is 0 Å². The lowest BCUT2D eigenvalue weighted by atomic mass is 10.0. The Kier molecular flexibility index (Phi) is 3.93. The number of aliphatic imine (C=N–C) groups is 1. The molecule has 0 atom stereocenters. The highest BCUT2D eigenvalue weighted by molar-refractivity contribution is 5.96. The fourth-order valence-electron chi connectivity index (χ4n) is 1.49. The lowest BCUT2D eigenvalue weighted by Crippen LogP contribution is -2.23. The SMILES string of the molecule is CC.CC(C)C1=CN2CCN=C2C=C1. The van der Waals surface area contributed by atoms with E-state index in [-0.39, 0.29) is 0 Å². The zero-order chi connectivity index (χ0) is 10.6. The monoisotopic (exact) mass is 192 g/mol. The third-order valence-corrected chi connectivity index (χ3v) is 2.31. The molecular weight excluding hydrogens is 172 g/mol. The average Bonchev–Trinajstić information content (AvgIpc) is 2.67. The number of hydrogen-bond donors (Lipinski definition) is 0. The molecule has 14 heavy (non-hydrogen) atoms. The Bertz CT molecular complexity index is 272. The lowest BCUT2D eigenvalue weighted by Gasteiger charge is -2.20. The molecule has 0 unspecified atom stereocenters. The first-order valence-electron chi connectivity index (χ1n) is 5.48.